The molecule has 0 aromatic heterocycles. The summed E-state index contributed by atoms with van der Waals surface area (Å²) in [4.78, 5) is 24.7. The first-order valence-electron chi connectivity index (χ1n) is 8.90. The van der Waals surface area contributed by atoms with Crippen molar-refractivity contribution in [1.29, 1.82) is 0 Å². The van der Waals surface area contributed by atoms with Gasteiger partial charge in [-0.3, -0.25) is 9.59 Å². The molecule has 1 atom stereocenters. The predicted molar refractivity (Wildman–Crippen MR) is 106 cm³/mol. The van der Waals surface area contributed by atoms with Crippen LogP contribution in [0.2, 0.25) is 0 Å². The van der Waals surface area contributed by atoms with Crippen molar-refractivity contribution in [3.8, 4) is 5.75 Å². The van der Waals surface area contributed by atoms with E-state index in [2.05, 4.69) is 5.32 Å². The van der Waals surface area contributed by atoms with Gasteiger partial charge in [0.05, 0.1) is 24.5 Å². The summed E-state index contributed by atoms with van der Waals surface area (Å²) in [6, 6.07) is 13.7. The fourth-order valence-corrected chi connectivity index (χ4v) is 4.92. The van der Waals surface area contributed by atoms with Crippen LogP contribution in [0.3, 0.4) is 0 Å². The second-order valence-electron chi connectivity index (χ2n) is 6.69. The van der Waals surface area contributed by atoms with Crippen molar-refractivity contribution in [3.63, 3.8) is 0 Å². The third kappa shape index (κ3) is 4.17. The smallest absolute Gasteiger partial charge is 0.251 e. The summed E-state index contributed by atoms with van der Waals surface area (Å²) in [5, 5.41) is 2.81. The number of carbonyl (C=O) groups is 2. The lowest BCUT2D eigenvalue weighted by molar-refractivity contribution is -0.119. The molecule has 2 aromatic rings. The lowest BCUT2D eigenvalue weighted by Crippen LogP contribution is -2.31. The second kappa shape index (κ2) is 8.02. The zero-order chi connectivity index (χ0) is 20.3. The van der Waals surface area contributed by atoms with E-state index < -0.39 is 21.8 Å². The second-order valence-corrected chi connectivity index (χ2v) is 8.55. The lowest BCUT2D eigenvalue weighted by atomic mass is 10.1. The van der Waals surface area contributed by atoms with Gasteiger partial charge in [0.25, 0.3) is 5.91 Å². The molecule has 148 valence electrons. The molecule has 0 saturated carbocycles. The quantitative estimate of drug-likeness (QED) is 0.798. The van der Waals surface area contributed by atoms with Gasteiger partial charge in [-0.25, -0.2) is 12.7 Å². The molecule has 8 heteroatoms. The van der Waals surface area contributed by atoms with Crippen LogP contribution < -0.4 is 14.4 Å². The van der Waals surface area contributed by atoms with E-state index in [0.29, 0.717) is 18.5 Å². The fraction of sp³-hybridized carbons (Fsp3) is 0.300. The number of ether oxygens (including phenoxy) is 1. The standard InChI is InChI=1S/C20H22N2O5S/c1-14-13-28(25,26)22(20(14)24)17-7-4-6-16(12-17)19(23)21-10-9-15-5-3-8-18(11-15)27-2/h3-8,11-12,14H,9-10,13H2,1-2H3,(H,21,23)/t14-/m0/s1. The molecule has 1 aliphatic heterocycles. The first-order chi connectivity index (χ1) is 13.3. The Morgan fingerprint density at radius 3 is 2.64 bits per heavy atom. The minimum atomic E-state index is -3.70. The van der Waals surface area contributed by atoms with Crippen LogP contribution in [0.5, 0.6) is 5.75 Å². The molecule has 1 N–H and O–H groups in total. The predicted octanol–water partition coefficient (Wildman–Crippen LogP) is 1.98. The Morgan fingerprint density at radius 2 is 1.96 bits per heavy atom. The maximum atomic E-state index is 12.4. The van der Waals surface area contributed by atoms with Gasteiger partial charge in [-0.2, -0.15) is 0 Å². The van der Waals surface area contributed by atoms with Crippen LogP contribution in [-0.4, -0.2) is 39.6 Å². The van der Waals surface area contributed by atoms with Crippen LogP contribution in [-0.2, 0) is 21.2 Å². The third-order valence-corrected chi connectivity index (χ3v) is 6.41. The van der Waals surface area contributed by atoms with Crippen molar-refractivity contribution < 1.29 is 22.7 Å². The minimum Gasteiger partial charge on any atom is -0.497 e. The summed E-state index contributed by atoms with van der Waals surface area (Å²) in [6.45, 7) is 1.99. The Balaban J connectivity index is 1.68. The number of anilines is 1. The normalized spacial score (nSPS) is 18.1. The van der Waals surface area contributed by atoms with E-state index in [4.69, 9.17) is 4.74 Å². The van der Waals surface area contributed by atoms with Gasteiger partial charge in [0.15, 0.2) is 0 Å². The van der Waals surface area contributed by atoms with Gasteiger partial charge in [-0.15, -0.1) is 0 Å². The Hall–Kier alpha value is -2.87. The number of sulfonamides is 1. The first kappa shape index (κ1) is 19.9. The highest BCUT2D eigenvalue weighted by Gasteiger charge is 2.42. The number of hydrogen-bond donors (Lipinski definition) is 1. The number of nitrogens with one attached hydrogen (secondary N) is 1. The van der Waals surface area contributed by atoms with Crippen molar-refractivity contribution in [1.82, 2.24) is 5.32 Å². The van der Waals surface area contributed by atoms with Gasteiger partial charge in [-0.1, -0.05) is 25.1 Å². The number of rotatable bonds is 6. The number of amides is 2. The van der Waals surface area contributed by atoms with E-state index in [1.807, 2.05) is 24.3 Å². The molecular weight excluding hydrogens is 380 g/mol. The molecule has 2 aromatic carbocycles. The molecule has 1 aliphatic rings. The summed E-state index contributed by atoms with van der Waals surface area (Å²) in [5.74, 6) is -0.868. The number of methoxy groups -OCH3 is 1. The zero-order valence-electron chi connectivity index (χ0n) is 15.7. The Morgan fingerprint density at radius 1 is 1.21 bits per heavy atom. The molecule has 28 heavy (non-hydrogen) atoms. The van der Waals surface area contributed by atoms with Gasteiger partial charge in [0.1, 0.15) is 5.75 Å². The summed E-state index contributed by atoms with van der Waals surface area (Å²) < 4.78 is 30.5. The van der Waals surface area contributed by atoms with Gasteiger partial charge in [0, 0.05) is 12.1 Å². The zero-order valence-corrected chi connectivity index (χ0v) is 16.5. The summed E-state index contributed by atoms with van der Waals surface area (Å²) >= 11 is 0. The molecular formula is C20H22N2O5S. The highest BCUT2D eigenvalue weighted by molar-refractivity contribution is 7.94. The van der Waals surface area contributed by atoms with Crippen molar-refractivity contribution >= 4 is 27.5 Å². The minimum absolute atomic E-state index is 0.190. The molecule has 3 rings (SSSR count). The van der Waals surface area contributed by atoms with Crippen molar-refractivity contribution in [2.75, 3.05) is 23.7 Å². The molecule has 0 bridgehead atoms. The van der Waals surface area contributed by atoms with E-state index in [-0.39, 0.29) is 17.3 Å². The van der Waals surface area contributed by atoms with E-state index in [0.717, 1.165) is 15.6 Å². The van der Waals surface area contributed by atoms with Crippen molar-refractivity contribution in [2.24, 2.45) is 5.92 Å². The van der Waals surface area contributed by atoms with Gasteiger partial charge >= 0.3 is 0 Å². The number of benzene rings is 2. The SMILES string of the molecule is COc1cccc(CCNC(=O)c2cccc(N3C(=O)[C@@H](C)CS3(=O)=O)c2)c1. The summed E-state index contributed by atoms with van der Waals surface area (Å²) in [7, 11) is -2.10. The van der Waals surface area contributed by atoms with Gasteiger partial charge < -0.3 is 10.1 Å². The maximum Gasteiger partial charge on any atom is 0.251 e. The maximum absolute atomic E-state index is 12.4. The van der Waals surface area contributed by atoms with Crippen molar-refractivity contribution in [3.05, 3.63) is 59.7 Å². The Labute approximate surface area is 164 Å². The highest BCUT2D eigenvalue weighted by Crippen LogP contribution is 2.28. The van der Waals surface area contributed by atoms with Gasteiger partial charge in [-0.05, 0) is 42.3 Å². The van der Waals surface area contributed by atoms with Crippen LogP contribution in [0.25, 0.3) is 0 Å². The monoisotopic (exact) mass is 402 g/mol. The molecule has 7 nitrogen and oxygen atoms in total. The fourth-order valence-electron chi connectivity index (χ4n) is 3.11. The number of nitrogens with zero attached hydrogens (tertiary/aromatic N) is 1. The third-order valence-electron chi connectivity index (χ3n) is 4.54. The average molecular weight is 402 g/mol. The molecule has 1 heterocycles. The molecule has 0 radical (unpaired) electrons. The summed E-state index contributed by atoms with van der Waals surface area (Å²) in [5.41, 5.74) is 1.51. The molecule has 1 fully saturated rings. The van der Waals surface area contributed by atoms with E-state index in [1.165, 1.54) is 12.1 Å². The average Bonchev–Trinajstić information content (AvgIpc) is 2.88. The van der Waals surface area contributed by atoms with Crippen molar-refractivity contribution in [2.45, 2.75) is 13.3 Å². The lowest BCUT2D eigenvalue weighted by Gasteiger charge is -2.16. The molecule has 0 spiro atoms. The van der Waals surface area contributed by atoms with Crippen LogP contribution >= 0.6 is 0 Å². The topological polar surface area (TPSA) is 92.8 Å². The molecule has 1 saturated heterocycles. The molecule has 0 aliphatic carbocycles. The van der Waals surface area contributed by atoms with E-state index in [1.54, 1.807) is 26.2 Å². The van der Waals surface area contributed by atoms with E-state index >= 15 is 0 Å². The van der Waals surface area contributed by atoms with E-state index in [9.17, 15) is 18.0 Å². The molecule has 2 amide bonds. The summed E-state index contributed by atoms with van der Waals surface area (Å²) in [6.07, 6.45) is 0.624. The van der Waals surface area contributed by atoms with Crippen LogP contribution in [0.15, 0.2) is 48.5 Å². The molecule has 0 unspecified atom stereocenters. The Kier molecular flexibility index (Phi) is 5.69. The Bertz CT molecular complexity index is 1000. The van der Waals surface area contributed by atoms with Crippen LogP contribution in [0.4, 0.5) is 5.69 Å². The number of hydrogen-bond acceptors (Lipinski definition) is 5. The largest absolute Gasteiger partial charge is 0.497 e. The highest BCUT2D eigenvalue weighted by atomic mass is 32.2. The number of carbonyl (C=O) groups excluding carboxylic acids is 2. The van der Waals surface area contributed by atoms with Gasteiger partial charge in [0.2, 0.25) is 15.9 Å². The van der Waals surface area contributed by atoms with Crippen LogP contribution in [0.1, 0.15) is 22.8 Å². The first-order valence-corrected chi connectivity index (χ1v) is 10.5. The van der Waals surface area contributed by atoms with Crippen LogP contribution in [0, 0.1) is 5.92 Å².